The molecule has 1 atom stereocenters. The lowest BCUT2D eigenvalue weighted by Gasteiger charge is -2.30. The Morgan fingerprint density at radius 3 is 2.86 bits per heavy atom. The molecule has 1 aromatic carbocycles. The summed E-state index contributed by atoms with van der Waals surface area (Å²) >= 11 is 0. The van der Waals surface area contributed by atoms with Crippen molar-refractivity contribution >= 4 is 5.90 Å². The van der Waals surface area contributed by atoms with Gasteiger partial charge in [0.05, 0.1) is 5.69 Å². The molecule has 3 nitrogen and oxygen atoms in total. The van der Waals surface area contributed by atoms with Gasteiger partial charge in [0.1, 0.15) is 12.1 Å². The van der Waals surface area contributed by atoms with E-state index in [4.69, 9.17) is 9.73 Å². The van der Waals surface area contributed by atoms with Crippen LogP contribution in [0.15, 0.2) is 47.6 Å². The molecule has 1 aliphatic heterocycles. The topological polar surface area (TPSA) is 34.5 Å². The van der Waals surface area contributed by atoms with Crippen LogP contribution in [0.1, 0.15) is 24.5 Å². The molecule has 0 fully saturated rings. The van der Waals surface area contributed by atoms with E-state index >= 15 is 0 Å². The fourth-order valence-corrected chi connectivity index (χ4v) is 3.39. The number of hydrogen-bond donors (Lipinski definition) is 0. The lowest BCUT2D eigenvalue weighted by atomic mass is 9.78. The van der Waals surface area contributed by atoms with Gasteiger partial charge in [-0.3, -0.25) is 4.98 Å². The van der Waals surface area contributed by atoms with Crippen LogP contribution in [-0.4, -0.2) is 23.0 Å². The average Bonchev–Trinajstić information content (AvgIpc) is 2.88. The quantitative estimate of drug-likeness (QED) is 0.801. The Morgan fingerprint density at radius 2 is 2.10 bits per heavy atom. The predicted octanol–water partition coefficient (Wildman–Crippen LogP) is 3.42. The summed E-state index contributed by atoms with van der Waals surface area (Å²) in [6.45, 7) is 2.68. The standard InChI is InChI=1S/C18H18N2O/c1-13-20-18(12-21-13)8-7-14-5-6-15(10-16(14)11-18)17-4-2-3-9-19-17/h2-6,9-10H,7-8,11-12H2,1H3. The van der Waals surface area contributed by atoms with E-state index in [0.717, 1.165) is 37.5 Å². The molecule has 1 unspecified atom stereocenters. The molecule has 2 aromatic rings. The van der Waals surface area contributed by atoms with E-state index in [9.17, 15) is 0 Å². The van der Waals surface area contributed by atoms with Crippen LogP contribution < -0.4 is 0 Å². The summed E-state index contributed by atoms with van der Waals surface area (Å²) in [6.07, 6.45) is 4.98. The fraction of sp³-hybridized carbons (Fsp3) is 0.333. The number of aryl methyl sites for hydroxylation is 1. The summed E-state index contributed by atoms with van der Waals surface area (Å²) in [6, 6.07) is 12.7. The smallest absolute Gasteiger partial charge is 0.180 e. The van der Waals surface area contributed by atoms with E-state index in [1.54, 1.807) is 0 Å². The second-order valence-corrected chi connectivity index (χ2v) is 6.02. The molecule has 21 heavy (non-hydrogen) atoms. The first-order chi connectivity index (χ1) is 10.2. The van der Waals surface area contributed by atoms with Gasteiger partial charge in [0, 0.05) is 25.1 Å². The Labute approximate surface area is 124 Å². The molecule has 2 heterocycles. The number of aliphatic imine (C=N–C) groups is 1. The van der Waals surface area contributed by atoms with Crippen molar-refractivity contribution < 1.29 is 4.74 Å². The Bertz CT molecular complexity index is 708. The number of fused-ring (bicyclic) bond motifs is 1. The van der Waals surface area contributed by atoms with E-state index in [-0.39, 0.29) is 5.54 Å². The van der Waals surface area contributed by atoms with Gasteiger partial charge in [-0.1, -0.05) is 18.2 Å². The van der Waals surface area contributed by atoms with Crippen LogP contribution in [0, 0.1) is 0 Å². The van der Waals surface area contributed by atoms with Crippen molar-refractivity contribution in [1.29, 1.82) is 0 Å². The fourth-order valence-electron chi connectivity index (χ4n) is 3.39. The Balaban J connectivity index is 1.71. The number of ether oxygens (including phenoxy) is 1. The SMILES string of the molecule is CC1=NC2(CCc3ccc(-c4ccccn4)cc3C2)CO1. The maximum Gasteiger partial charge on any atom is 0.180 e. The van der Waals surface area contributed by atoms with Crippen molar-refractivity contribution in [3.8, 4) is 11.3 Å². The van der Waals surface area contributed by atoms with Crippen LogP contribution in [0.5, 0.6) is 0 Å². The molecule has 0 amide bonds. The lowest BCUT2D eigenvalue weighted by molar-refractivity contribution is 0.236. The Kier molecular flexibility index (Phi) is 2.81. The summed E-state index contributed by atoms with van der Waals surface area (Å²) in [4.78, 5) is 9.21. The Hall–Kier alpha value is -2.16. The number of hydrogen-bond acceptors (Lipinski definition) is 3. The van der Waals surface area contributed by atoms with Gasteiger partial charge in [0.25, 0.3) is 0 Å². The van der Waals surface area contributed by atoms with Crippen LogP contribution in [0.25, 0.3) is 11.3 Å². The van der Waals surface area contributed by atoms with Gasteiger partial charge in [-0.25, -0.2) is 4.99 Å². The number of rotatable bonds is 1. The largest absolute Gasteiger partial charge is 0.479 e. The maximum atomic E-state index is 5.61. The van der Waals surface area contributed by atoms with Crippen molar-refractivity contribution in [3.63, 3.8) is 0 Å². The third kappa shape index (κ3) is 2.23. The number of nitrogens with zero attached hydrogens (tertiary/aromatic N) is 2. The number of aromatic nitrogens is 1. The van der Waals surface area contributed by atoms with Crippen molar-refractivity contribution in [2.45, 2.75) is 31.7 Å². The summed E-state index contributed by atoms with van der Waals surface area (Å²) in [7, 11) is 0. The molecule has 0 saturated carbocycles. The highest BCUT2D eigenvalue weighted by Gasteiger charge is 2.38. The molecule has 106 valence electrons. The first kappa shape index (κ1) is 12.6. The van der Waals surface area contributed by atoms with E-state index in [0.29, 0.717) is 0 Å². The first-order valence-electron chi connectivity index (χ1n) is 7.47. The van der Waals surface area contributed by atoms with Gasteiger partial charge in [-0.15, -0.1) is 0 Å². The maximum absolute atomic E-state index is 5.61. The van der Waals surface area contributed by atoms with Crippen LogP contribution in [0.2, 0.25) is 0 Å². The summed E-state index contributed by atoms with van der Waals surface area (Å²) < 4.78 is 5.61. The normalized spacial score (nSPS) is 23.6. The molecular weight excluding hydrogens is 260 g/mol. The number of benzene rings is 1. The second-order valence-electron chi connectivity index (χ2n) is 6.02. The van der Waals surface area contributed by atoms with Gasteiger partial charge in [0.15, 0.2) is 5.90 Å². The number of pyridine rings is 1. The van der Waals surface area contributed by atoms with Crippen LogP contribution >= 0.6 is 0 Å². The van der Waals surface area contributed by atoms with Crippen LogP contribution in [0.3, 0.4) is 0 Å². The third-order valence-corrected chi connectivity index (χ3v) is 4.49. The molecule has 4 rings (SSSR count). The first-order valence-corrected chi connectivity index (χ1v) is 7.47. The van der Waals surface area contributed by atoms with E-state index < -0.39 is 0 Å². The molecule has 0 N–H and O–H groups in total. The molecule has 1 aromatic heterocycles. The van der Waals surface area contributed by atoms with E-state index in [2.05, 4.69) is 29.2 Å². The predicted molar refractivity (Wildman–Crippen MR) is 83.5 cm³/mol. The molecule has 1 spiro atoms. The van der Waals surface area contributed by atoms with Crippen LogP contribution in [0.4, 0.5) is 0 Å². The van der Waals surface area contributed by atoms with Gasteiger partial charge < -0.3 is 4.74 Å². The second kappa shape index (κ2) is 4.69. The minimum Gasteiger partial charge on any atom is -0.479 e. The summed E-state index contributed by atoms with van der Waals surface area (Å²) in [5.74, 6) is 0.833. The molecular formula is C18H18N2O. The lowest BCUT2D eigenvalue weighted by Crippen LogP contribution is -2.35. The monoisotopic (exact) mass is 278 g/mol. The molecule has 1 aliphatic carbocycles. The molecule has 2 aliphatic rings. The zero-order chi connectivity index (χ0) is 14.3. The minimum atomic E-state index is -0.0280. The van der Waals surface area contributed by atoms with E-state index in [1.165, 1.54) is 16.7 Å². The summed E-state index contributed by atoms with van der Waals surface area (Å²) in [5.41, 5.74) is 5.03. The van der Waals surface area contributed by atoms with Gasteiger partial charge in [0.2, 0.25) is 0 Å². The van der Waals surface area contributed by atoms with Crippen molar-refractivity contribution in [1.82, 2.24) is 4.98 Å². The highest BCUT2D eigenvalue weighted by molar-refractivity contribution is 5.75. The summed E-state index contributed by atoms with van der Waals surface area (Å²) in [5, 5.41) is 0. The molecule has 0 saturated heterocycles. The zero-order valence-corrected chi connectivity index (χ0v) is 12.2. The van der Waals surface area contributed by atoms with Crippen molar-refractivity contribution in [2.75, 3.05) is 6.61 Å². The molecule has 0 bridgehead atoms. The molecule has 3 heteroatoms. The van der Waals surface area contributed by atoms with Gasteiger partial charge >= 0.3 is 0 Å². The van der Waals surface area contributed by atoms with Crippen molar-refractivity contribution in [3.05, 3.63) is 53.7 Å². The highest BCUT2D eigenvalue weighted by atomic mass is 16.5. The zero-order valence-electron chi connectivity index (χ0n) is 12.2. The minimum absolute atomic E-state index is 0.0280. The van der Waals surface area contributed by atoms with Crippen molar-refractivity contribution in [2.24, 2.45) is 4.99 Å². The van der Waals surface area contributed by atoms with Gasteiger partial charge in [-0.05, 0) is 42.2 Å². The third-order valence-electron chi connectivity index (χ3n) is 4.49. The molecule has 0 radical (unpaired) electrons. The van der Waals surface area contributed by atoms with Crippen LogP contribution in [-0.2, 0) is 17.6 Å². The Morgan fingerprint density at radius 1 is 1.14 bits per heavy atom. The highest BCUT2D eigenvalue weighted by Crippen LogP contribution is 2.36. The average molecular weight is 278 g/mol. The van der Waals surface area contributed by atoms with E-state index in [1.807, 2.05) is 25.3 Å². The van der Waals surface area contributed by atoms with Gasteiger partial charge in [-0.2, -0.15) is 0 Å².